The lowest BCUT2D eigenvalue weighted by Gasteiger charge is -2.20. The van der Waals surface area contributed by atoms with Crippen LogP contribution in [0.3, 0.4) is 0 Å². The summed E-state index contributed by atoms with van der Waals surface area (Å²) in [6, 6.07) is 8.70. The number of benzene rings is 1. The van der Waals surface area contributed by atoms with Gasteiger partial charge in [-0.2, -0.15) is 0 Å². The number of nitrogens with zero attached hydrogens (tertiary/aromatic N) is 2. The maximum absolute atomic E-state index is 12.5. The first-order valence-electron chi connectivity index (χ1n) is 9.84. The van der Waals surface area contributed by atoms with Gasteiger partial charge in [0, 0.05) is 31.2 Å². The van der Waals surface area contributed by atoms with E-state index in [2.05, 4.69) is 43.2 Å². The number of hydrogen-bond acceptors (Lipinski definition) is 3. The normalized spacial score (nSPS) is 23.8. The lowest BCUT2D eigenvalue weighted by Crippen LogP contribution is -2.36. The SMILES string of the molecule is CC(C)c1ccc(N2CC(C(=O)NCCC3CCCN3C)CC2=O)cc1. The number of likely N-dealkylation sites (tertiary alicyclic amines) is 1. The van der Waals surface area contributed by atoms with Crippen molar-refractivity contribution in [3.63, 3.8) is 0 Å². The first-order valence-corrected chi connectivity index (χ1v) is 9.84. The monoisotopic (exact) mass is 357 g/mol. The van der Waals surface area contributed by atoms with Crippen LogP contribution in [0.2, 0.25) is 0 Å². The average Bonchev–Trinajstić information content (AvgIpc) is 3.21. The molecule has 1 aromatic rings. The van der Waals surface area contributed by atoms with E-state index in [1.54, 1.807) is 4.90 Å². The Bertz CT molecular complexity index is 641. The summed E-state index contributed by atoms with van der Waals surface area (Å²) in [5, 5.41) is 3.04. The van der Waals surface area contributed by atoms with Gasteiger partial charge in [-0.1, -0.05) is 26.0 Å². The molecule has 5 nitrogen and oxygen atoms in total. The molecule has 26 heavy (non-hydrogen) atoms. The van der Waals surface area contributed by atoms with E-state index in [-0.39, 0.29) is 17.7 Å². The molecule has 2 unspecified atom stereocenters. The highest BCUT2D eigenvalue weighted by Crippen LogP contribution is 2.27. The van der Waals surface area contributed by atoms with Crippen LogP contribution in [0, 0.1) is 5.92 Å². The second kappa shape index (κ2) is 8.21. The lowest BCUT2D eigenvalue weighted by atomic mass is 10.0. The fourth-order valence-corrected chi connectivity index (χ4v) is 4.02. The Morgan fingerprint density at radius 1 is 1.27 bits per heavy atom. The third kappa shape index (κ3) is 4.26. The highest BCUT2D eigenvalue weighted by Gasteiger charge is 2.35. The van der Waals surface area contributed by atoms with Gasteiger partial charge >= 0.3 is 0 Å². The molecule has 0 aromatic heterocycles. The second-order valence-electron chi connectivity index (χ2n) is 8.01. The van der Waals surface area contributed by atoms with Crippen LogP contribution < -0.4 is 10.2 Å². The zero-order valence-corrected chi connectivity index (χ0v) is 16.2. The van der Waals surface area contributed by atoms with Crippen LogP contribution in [-0.2, 0) is 9.59 Å². The molecule has 0 radical (unpaired) electrons. The molecule has 0 aliphatic carbocycles. The van der Waals surface area contributed by atoms with Crippen LogP contribution in [0.1, 0.15) is 51.0 Å². The van der Waals surface area contributed by atoms with Crippen LogP contribution in [0.15, 0.2) is 24.3 Å². The third-order valence-electron chi connectivity index (χ3n) is 5.82. The van der Waals surface area contributed by atoms with Crippen molar-refractivity contribution in [1.82, 2.24) is 10.2 Å². The first-order chi connectivity index (χ1) is 12.5. The predicted octanol–water partition coefficient (Wildman–Crippen LogP) is 2.76. The zero-order chi connectivity index (χ0) is 18.7. The van der Waals surface area contributed by atoms with Gasteiger partial charge in [0.15, 0.2) is 0 Å². The zero-order valence-electron chi connectivity index (χ0n) is 16.2. The molecule has 2 heterocycles. The van der Waals surface area contributed by atoms with Crippen molar-refractivity contribution in [2.24, 2.45) is 5.92 Å². The van der Waals surface area contributed by atoms with Gasteiger partial charge in [0.25, 0.3) is 0 Å². The van der Waals surface area contributed by atoms with E-state index in [0.29, 0.717) is 31.5 Å². The number of anilines is 1. The van der Waals surface area contributed by atoms with Crippen LogP contribution in [0.4, 0.5) is 5.69 Å². The van der Waals surface area contributed by atoms with Gasteiger partial charge in [0.2, 0.25) is 11.8 Å². The molecular weight excluding hydrogens is 326 g/mol. The van der Waals surface area contributed by atoms with Crippen molar-refractivity contribution >= 4 is 17.5 Å². The quantitative estimate of drug-likeness (QED) is 0.852. The summed E-state index contributed by atoms with van der Waals surface area (Å²) < 4.78 is 0. The standard InChI is InChI=1S/C21H31N3O2/c1-15(2)16-6-8-19(9-7-16)24-14-17(13-20(24)25)21(26)22-11-10-18-5-4-12-23(18)3/h6-9,15,17-18H,4-5,10-14H2,1-3H3,(H,22,26). The maximum Gasteiger partial charge on any atom is 0.227 e. The van der Waals surface area contributed by atoms with Crippen molar-refractivity contribution in [1.29, 1.82) is 0 Å². The fourth-order valence-electron chi connectivity index (χ4n) is 4.02. The Hall–Kier alpha value is -1.88. The van der Waals surface area contributed by atoms with Crippen LogP contribution in [0.5, 0.6) is 0 Å². The molecule has 2 aliphatic heterocycles. The minimum Gasteiger partial charge on any atom is -0.356 e. The minimum absolute atomic E-state index is 0.0142. The highest BCUT2D eigenvalue weighted by atomic mass is 16.2. The number of amides is 2. The topological polar surface area (TPSA) is 52.7 Å². The summed E-state index contributed by atoms with van der Waals surface area (Å²) >= 11 is 0. The van der Waals surface area contributed by atoms with Crippen LogP contribution in [-0.4, -0.2) is 49.4 Å². The smallest absolute Gasteiger partial charge is 0.227 e. The average molecular weight is 357 g/mol. The third-order valence-corrected chi connectivity index (χ3v) is 5.82. The molecule has 3 rings (SSSR count). The van der Waals surface area contributed by atoms with Gasteiger partial charge in [-0.05, 0) is 56.5 Å². The summed E-state index contributed by atoms with van der Waals surface area (Å²) in [6.07, 6.45) is 3.76. The number of carbonyl (C=O) groups excluding carboxylic acids is 2. The van der Waals surface area contributed by atoms with E-state index >= 15 is 0 Å². The molecule has 1 N–H and O–H groups in total. The van der Waals surface area contributed by atoms with Crippen LogP contribution >= 0.6 is 0 Å². The highest BCUT2D eigenvalue weighted by molar-refractivity contribution is 6.00. The van der Waals surface area contributed by atoms with E-state index in [9.17, 15) is 9.59 Å². The summed E-state index contributed by atoms with van der Waals surface area (Å²) in [5.74, 6) is 0.280. The molecular formula is C21H31N3O2. The summed E-state index contributed by atoms with van der Waals surface area (Å²) in [5.41, 5.74) is 2.15. The minimum atomic E-state index is -0.242. The molecule has 2 aliphatic rings. The predicted molar refractivity (Wildman–Crippen MR) is 104 cm³/mol. The van der Waals surface area contributed by atoms with Gasteiger partial charge in [0.1, 0.15) is 0 Å². The molecule has 1 aromatic carbocycles. The molecule has 2 fully saturated rings. The Balaban J connectivity index is 1.51. The Labute approximate surface area is 156 Å². The summed E-state index contributed by atoms with van der Waals surface area (Å²) in [4.78, 5) is 29.0. The van der Waals surface area contributed by atoms with Gasteiger partial charge in [0.05, 0.1) is 5.92 Å². The summed E-state index contributed by atoms with van der Waals surface area (Å²) in [7, 11) is 2.15. The second-order valence-corrected chi connectivity index (χ2v) is 8.01. The van der Waals surface area contributed by atoms with Crippen LogP contribution in [0.25, 0.3) is 0 Å². The van der Waals surface area contributed by atoms with Crippen molar-refractivity contribution in [3.05, 3.63) is 29.8 Å². The van der Waals surface area contributed by atoms with Gasteiger partial charge in [-0.25, -0.2) is 0 Å². The first kappa shape index (κ1) is 18.9. The van der Waals surface area contributed by atoms with Gasteiger partial charge in [-0.3, -0.25) is 9.59 Å². The van der Waals surface area contributed by atoms with Crippen molar-refractivity contribution in [2.45, 2.75) is 51.5 Å². The van der Waals surface area contributed by atoms with Gasteiger partial charge in [-0.15, -0.1) is 0 Å². The largest absolute Gasteiger partial charge is 0.356 e. The molecule has 2 saturated heterocycles. The number of nitrogens with one attached hydrogen (secondary N) is 1. The molecule has 0 saturated carbocycles. The van der Waals surface area contributed by atoms with Crippen molar-refractivity contribution < 1.29 is 9.59 Å². The van der Waals surface area contributed by atoms with Gasteiger partial charge < -0.3 is 15.1 Å². The van der Waals surface area contributed by atoms with E-state index in [0.717, 1.165) is 18.7 Å². The fraction of sp³-hybridized carbons (Fsp3) is 0.619. The maximum atomic E-state index is 12.5. The molecule has 5 heteroatoms. The van der Waals surface area contributed by atoms with E-state index in [1.807, 2.05) is 12.1 Å². The molecule has 142 valence electrons. The molecule has 0 bridgehead atoms. The van der Waals surface area contributed by atoms with E-state index in [1.165, 1.54) is 18.4 Å². The number of hydrogen-bond donors (Lipinski definition) is 1. The lowest BCUT2D eigenvalue weighted by molar-refractivity contribution is -0.126. The van der Waals surface area contributed by atoms with Crippen molar-refractivity contribution in [3.8, 4) is 0 Å². The number of rotatable bonds is 6. The van der Waals surface area contributed by atoms with Crippen molar-refractivity contribution in [2.75, 3.05) is 31.6 Å². The Morgan fingerprint density at radius 2 is 2.00 bits per heavy atom. The molecule has 0 spiro atoms. The molecule has 2 atom stereocenters. The Kier molecular flexibility index (Phi) is 5.97. The Morgan fingerprint density at radius 3 is 2.62 bits per heavy atom. The molecule has 2 amide bonds. The van der Waals surface area contributed by atoms with E-state index in [4.69, 9.17) is 0 Å². The number of carbonyl (C=O) groups is 2. The summed E-state index contributed by atoms with van der Waals surface area (Å²) in [6.45, 7) is 6.64. The van der Waals surface area contributed by atoms with E-state index < -0.39 is 0 Å².